The van der Waals surface area contributed by atoms with Gasteiger partial charge in [-0.25, -0.2) is 0 Å². The zero-order chi connectivity index (χ0) is 12.3. The highest BCUT2D eigenvalue weighted by Crippen LogP contribution is 2.19. The van der Waals surface area contributed by atoms with E-state index in [-0.39, 0.29) is 23.8 Å². The average molecular weight is 239 g/mol. The maximum absolute atomic E-state index is 12.4. The third-order valence-electron chi connectivity index (χ3n) is 3.69. The largest absolute Gasteiger partial charge is 0.353 e. The van der Waals surface area contributed by atoms with Crippen LogP contribution in [0.1, 0.15) is 26.2 Å². The molecule has 2 heterocycles. The van der Waals surface area contributed by atoms with Gasteiger partial charge in [0.25, 0.3) is 0 Å². The Labute approximate surface area is 102 Å². The zero-order valence-electron chi connectivity index (χ0n) is 10.4. The lowest BCUT2D eigenvalue weighted by molar-refractivity contribution is -0.147. The number of rotatable bonds is 2. The van der Waals surface area contributed by atoms with Crippen LogP contribution in [0.4, 0.5) is 0 Å². The summed E-state index contributed by atoms with van der Waals surface area (Å²) in [5.41, 5.74) is 0. The number of piperazine rings is 1. The standard InChI is InChI=1S/C12H21N3O2/c1-2-10-11(16)14-7-8-15(10)12(17)9-3-5-13-6-4-9/h9-10,13H,2-8H2,1H3,(H,14,16)/t10-/m0/s1. The van der Waals surface area contributed by atoms with Gasteiger partial charge in [-0.15, -0.1) is 0 Å². The highest BCUT2D eigenvalue weighted by atomic mass is 16.2. The first-order valence-corrected chi connectivity index (χ1v) is 6.53. The van der Waals surface area contributed by atoms with Crippen LogP contribution in [-0.2, 0) is 9.59 Å². The van der Waals surface area contributed by atoms with E-state index in [9.17, 15) is 9.59 Å². The summed E-state index contributed by atoms with van der Waals surface area (Å²) in [5, 5.41) is 6.08. The first-order chi connectivity index (χ1) is 8.24. The smallest absolute Gasteiger partial charge is 0.242 e. The van der Waals surface area contributed by atoms with Crippen molar-refractivity contribution in [1.82, 2.24) is 15.5 Å². The van der Waals surface area contributed by atoms with E-state index in [0.717, 1.165) is 25.9 Å². The second kappa shape index (κ2) is 5.49. The number of nitrogens with zero attached hydrogens (tertiary/aromatic N) is 1. The number of hydrogen-bond donors (Lipinski definition) is 2. The number of amides is 2. The predicted molar refractivity (Wildman–Crippen MR) is 64.4 cm³/mol. The predicted octanol–water partition coefficient (Wildman–Crippen LogP) is -0.277. The summed E-state index contributed by atoms with van der Waals surface area (Å²) in [6.07, 6.45) is 2.49. The maximum Gasteiger partial charge on any atom is 0.242 e. The average Bonchev–Trinajstić information content (AvgIpc) is 2.38. The molecule has 2 fully saturated rings. The van der Waals surface area contributed by atoms with Crippen molar-refractivity contribution in [3.8, 4) is 0 Å². The molecule has 1 atom stereocenters. The van der Waals surface area contributed by atoms with Crippen molar-refractivity contribution < 1.29 is 9.59 Å². The normalized spacial score (nSPS) is 26.8. The quantitative estimate of drug-likeness (QED) is 0.697. The van der Waals surface area contributed by atoms with E-state index in [1.54, 1.807) is 4.90 Å². The summed E-state index contributed by atoms with van der Waals surface area (Å²) in [6, 6.07) is -0.258. The molecule has 5 nitrogen and oxygen atoms in total. The Balaban J connectivity index is 2.03. The number of carbonyl (C=O) groups excluding carboxylic acids is 2. The molecule has 2 aliphatic heterocycles. The van der Waals surface area contributed by atoms with Crippen LogP contribution in [0.3, 0.4) is 0 Å². The van der Waals surface area contributed by atoms with Crippen molar-refractivity contribution in [2.24, 2.45) is 5.92 Å². The number of hydrogen-bond acceptors (Lipinski definition) is 3. The highest BCUT2D eigenvalue weighted by molar-refractivity contribution is 5.89. The minimum atomic E-state index is -0.258. The number of nitrogens with one attached hydrogen (secondary N) is 2. The van der Waals surface area contributed by atoms with Crippen molar-refractivity contribution in [3.05, 3.63) is 0 Å². The Hall–Kier alpha value is -1.10. The van der Waals surface area contributed by atoms with E-state index in [4.69, 9.17) is 0 Å². The summed E-state index contributed by atoms with van der Waals surface area (Å²) < 4.78 is 0. The molecule has 2 N–H and O–H groups in total. The Morgan fingerprint density at radius 3 is 2.71 bits per heavy atom. The van der Waals surface area contributed by atoms with E-state index in [2.05, 4.69) is 10.6 Å². The second-order valence-corrected chi connectivity index (χ2v) is 4.77. The summed E-state index contributed by atoms with van der Waals surface area (Å²) in [5.74, 6) is 0.283. The van der Waals surface area contributed by atoms with Crippen molar-refractivity contribution in [3.63, 3.8) is 0 Å². The summed E-state index contributed by atoms with van der Waals surface area (Å²) >= 11 is 0. The Morgan fingerprint density at radius 2 is 2.06 bits per heavy atom. The lowest BCUT2D eigenvalue weighted by atomic mass is 9.95. The van der Waals surface area contributed by atoms with Gasteiger partial charge in [0.2, 0.25) is 11.8 Å². The van der Waals surface area contributed by atoms with Crippen LogP contribution in [0, 0.1) is 5.92 Å². The van der Waals surface area contributed by atoms with Crippen molar-refractivity contribution in [1.29, 1.82) is 0 Å². The Morgan fingerprint density at radius 1 is 1.35 bits per heavy atom. The molecule has 0 aliphatic carbocycles. The van der Waals surface area contributed by atoms with Crippen LogP contribution in [0.2, 0.25) is 0 Å². The fraction of sp³-hybridized carbons (Fsp3) is 0.833. The van der Waals surface area contributed by atoms with E-state index >= 15 is 0 Å². The van der Waals surface area contributed by atoms with Crippen LogP contribution in [0.15, 0.2) is 0 Å². The molecular formula is C12H21N3O2. The fourth-order valence-corrected chi connectivity index (χ4v) is 2.69. The van der Waals surface area contributed by atoms with Gasteiger partial charge in [-0.3, -0.25) is 9.59 Å². The fourth-order valence-electron chi connectivity index (χ4n) is 2.69. The maximum atomic E-state index is 12.4. The summed E-state index contributed by atoms with van der Waals surface area (Å²) in [4.78, 5) is 25.9. The first-order valence-electron chi connectivity index (χ1n) is 6.53. The SMILES string of the molecule is CC[C@H]1C(=O)NCCN1C(=O)C1CCNCC1. The molecule has 17 heavy (non-hydrogen) atoms. The van der Waals surface area contributed by atoms with Crippen molar-refractivity contribution >= 4 is 11.8 Å². The van der Waals surface area contributed by atoms with Crippen LogP contribution in [0.5, 0.6) is 0 Å². The Kier molecular flexibility index (Phi) is 3.99. The van der Waals surface area contributed by atoms with E-state index in [1.807, 2.05) is 6.92 Å². The second-order valence-electron chi connectivity index (χ2n) is 4.77. The minimum Gasteiger partial charge on any atom is -0.353 e. The highest BCUT2D eigenvalue weighted by Gasteiger charge is 2.35. The van der Waals surface area contributed by atoms with Gasteiger partial charge in [0.1, 0.15) is 6.04 Å². The third kappa shape index (κ3) is 2.60. The van der Waals surface area contributed by atoms with Gasteiger partial charge in [0, 0.05) is 19.0 Å². The molecule has 2 amide bonds. The van der Waals surface area contributed by atoms with E-state index < -0.39 is 0 Å². The number of carbonyl (C=O) groups is 2. The lowest BCUT2D eigenvalue weighted by Gasteiger charge is -2.37. The number of piperidine rings is 1. The lowest BCUT2D eigenvalue weighted by Crippen LogP contribution is -2.58. The third-order valence-corrected chi connectivity index (χ3v) is 3.69. The van der Waals surface area contributed by atoms with Gasteiger partial charge in [-0.05, 0) is 32.4 Å². The van der Waals surface area contributed by atoms with Crippen molar-refractivity contribution in [2.45, 2.75) is 32.2 Å². The minimum absolute atomic E-state index is 0.000958. The zero-order valence-corrected chi connectivity index (χ0v) is 10.4. The van der Waals surface area contributed by atoms with E-state index in [0.29, 0.717) is 19.5 Å². The topological polar surface area (TPSA) is 61.4 Å². The Bertz CT molecular complexity index is 300. The summed E-state index contributed by atoms with van der Waals surface area (Å²) in [7, 11) is 0. The molecule has 0 spiro atoms. The first kappa shape index (κ1) is 12.4. The van der Waals surface area contributed by atoms with Gasteiger partial charge in [0.15, 0.2) is 0 Å². The molecule has 0 aromatic carbocycles. The molecular weight excluding hydrogens is 218 g/mol. The van der Waals surface area contributed by atoms with Gasteiger partial charge in [-0.1, -0.05) is 6.92 Å². The molecule has 0 bridgehead atoms. The molecule has 2 aliphatic rings. The van der Waals surface area contributed by atoms with Gasteiger partial charge < -0.3 is 15.5 Å². The van der Waals surface area contributed by atoms with Gasteiger partial charge in [-0.2, -0.15) is 0 Å². The van der Waals surface area contributed by atoms with Gasteiger partial charge >= 0.3 is 0 Å². The molecule has 0 radical (unpaired) electrons. The van der Waals surface area contributed by atoms with Crippen molar-refractivity contribution in [2.75, 3.05) is 26.2 Å². The summed E-state index contributed by atoms with van der Waals surface area (Å²) in [6.45, 7) is 5.03. The molecule has 96 valence electrons. The molecule has 0 aromatic rings. The monoisotopic (exact) mass is 239 g/mol. The molecule has 0 aromatic heterocycles. The van der Waals surface area contributed by atoms with Crippen LogP contribution in [0.25, 0.3) is 0 Å². The molecule has 0 saturated carbocycles. The molecule has 2 saturated heterocycles. The van der Waals surface area contributed by atoms with Gasteiger partial charge in [0.05, 0.1) is 0 Å². The molecule has 5 heteroatoms. The molecule has 2 rings (SSSR count). The van der Waals surface area contributed by atoms with Crippen LogP contribution >= 0.6 is 0 Å². The van der Waals surface area contributed by atoms with Crippen LogP contribution in [-0.4, -0.2) is 48.9 Å². The van der Waals surface area contributed by atoms with E-state index in [1.165, 1.54) is 0 Å². The molecule has 0 unspecified atom stereocenters. The van der Waals surface area contributed by atoms with Crippen LogP contribution < -0.4 is 10.6 Å².